The molecule has 0 radical (unpaired) electrons. The molecule has 180 valence electrons. The second kappa shape index (κ2) is 10.4. The Morgan fingerprint density at radius 1 is 1.06 bits per heavy atom. The fourth-order valence-electron chi connectivity index (χ4n) is 4.11. The van der Waals surface area contributed by atoms with Crippen molar-refractivity contribution in [2.45, 2.75) is 45.4 Å². The van der Waals surface area contributed by atoms with E-state index in [1.54, 1.807) is 24.3 Å². The Balaban J connectivity index is 1.55. The molecule has 0 saturated carbocycles. The third-order valence-corrected chi connectivity index (χ3v) is 8.50. The first kappa shape index (κ1) is 25.4. The molecule has 0 atom stereocenters. The number of nitriles is 1. The number of carbonyl (C=O) groups excluding carboxylic acids is 2. The van der Waals surface area contributed by atoms with Gasteiger partial charge in [-0.05, 0) is 87.1 Å². The lowest BCUT2D eigenvalue weighted by Gasteiger charge is -2.31. The van der Waals surface area contributed by atoms with Crippen LogP contribution in [0.4, 0.5) is 5.69 Å². The van der Waals surface area contributed by atoms with E-state index in [2.05, 4.69) is 5.32 Å². The predicted molar refractivity (Wildman–Crippen MR) is 128 cm³/mol. The van der Waals surface area contributed by atoms with E-state index in [0.29, 0.717) is 29.0 Å². The molecule has 1 amide bonds. The Morgan fingerprint density at radius 2 is 1.62 bits per heavy atom. The van der Waals surface area contributed by atoms with Gasteiger partial charge in [-0.1, -0.05) is 6.07 Å². The zero-order chi connectivity index (χ0) is 25.0. The lowest BCUT2D eigenvalue weighted by molar-refractivity contribution is -0.152. The fourth-order valence-corrected chi connectivity index (χ4v) is 6.15. The van der Waals surface area contributed by atoms with Crippen molar-refractivity contribution in [2.24, 2.45) is 5.92 Å². The van der Waals surface area contributed by atoms with E-state index in [0.717, 1.165) is 22.3 Å². The van der Waals surface area contributed by atoms with Gasteiger partial charge < -0.3 is 10.1 Å². The van der Waals surface area contributed by atoms with Gasteiger partial charge in [0.15, 0.2) is 6.61 Å². The highest BCUT2D eigenvalue weighted by Crippen LogP contribution is 2.31. The number of esters is 1. The molecule has 0 spiro atoms. The lowest BCUT2D eigenvalue weighted by atomic mass is 9.98. The predicted octanol–water partition coefficient (Wildman–Crippen LogP) is 3.37. The summed E-state index contributed by atoms with van der Waals surface area (Å²) >= 11 is 0. The molecule has 1 N–H and O–H groups in total. The minimum absolute atomic E-state index is 0.214. The molecule has 1 aliphatic heterocycles. The summed E-state index contributed by atoms with van der Waals surface area (Å²) in [6.07, 6.45) is 0.663. The largest absolute Gasteiger partial charge is 0.455 e. The number of ether oxygens (including phenoxy) is 1. The molecule has 8 nitrogen and oxygen atoms in total. The van der Waals surface area contributed by atoms with E-state index in [1.807, 2.05) is 39.8 Å². The number of amides is 1. The highest BCUT2D eigenvalue weighted by molar-refractivity contribution is 7.89. The van der Waals surface area contributed by atoms with E-state index in [4.69, 9.17) is 10.00 Å². The molecule has 0 aromatic heterocycles. The molecule has 3 rings (SSSR count). The van der Waals surface area contributed by atoms with Gasteiger partial charge in [0.05, 0.1) is 22.4 Å². The van der Waals surface area contributed by atoms with Crippen molar-refractivity contribution in [3.05, 3.63) is 58.1 Å². The monoisotopic (exact) mass is 483 g/mol. The van der Waals surface area contributed by atoms with E-state index >= 15 is 0 Å². The first-order chi connectivity index (χ1) is 16.0. The molecule has 0 aliphatic carbocycles. The van der Waals surface area contributed by atoms with Crippen molar-refractivity contribution in [2.75, 3.05) is 25.0 Å². The van der Waals surface area contributed by atoms with Crippen molar-refractivity contribution in [1.82, 2.24) is 4.31 Å². The summed E-state index contributed by atoms with van der Waals surface area (Å²) in [5, 5.41) is 11.4. The van der Waals surface area contributed by atoms with E-state index in [9.17, 15) is 18.0 Å². The number of benzene rings is 2. The average molecular weight is 484 g/mol. The van der Waals surface area contributed by atoms with E-state index in [-0.39, 0.29) is 13.1 Å². The minimum Gasteiger partial charge on any atom is -0.455 e. The standard InChI is InChI=1S/C25H29N3O5S/c1-16-13-17(2)19(4)24(18(16)3)34(31,32)28-11-9-21(10-12-28)25(30)33-15-23(29)27-22-7-5-20(14-26)6-8-22/h5-8,13,21H,9-12,15H2,1-4H3,(H,27,29). The molecule has 9 heteroatoms. The lowest BCUT2D eigenvalue weighted by Crippen LogP contribution is -2.41. The maximum absolute atomic E-state index is 13.4. The van der Waals surface area contributed by atoms with Crippen LogP contribution in [0.1, 0.15) is 40.7 Å². The molecular formula is C25H29N3O5S. The number of nitrogens with one attached hydrogen (secondary N) is 1. The number of carbonyl (C=O) groups is 2. The molecule has 2 aromatic carbocycles. The van der Waals surface area contributed by atoms with Crippen molar-refractivity contribution < 1.29 is 22.7 Å². The molecule has 0 unspecified atom stereocenters. The van der Waals surface area contributed by atoms with Gasteiger partial charge >= 0.3 is 5.97 Å². The van der Waals surface area contributed by atoms with Crippen molar-refractivity contribution in [3.63, 3.8) is 0 Å². The maximum atomic E-state index is 13.4. The highest BCUT2D eigenvalue weighted by Gasteiger charge is 2.35. The fraction of sp³-hybridized carbons (Fsp3) is 0.400. The van der Waals surface area contributed by atoms with Gasteiger partial charge in [-0.2, -0.15) is 9.57 Å². The van der Waals surface area contributed by atoms with E-state index in [1.165, 1.54) is 4.31 Å². The summed E-state index contributed by atoms with van der Waals surface area (Å²) in [4.78, 5) is 24.9. The summed E-state index contributed by atoms with van der Waals surface area (Å²) < 4.78 is 33.4. The zero-order valence-corrected chi connectivity index (χ0v) is 20.7. The Bertz CT molecular complexity index is 1210. The summed E-state index contributed by atoms with van der Waals surface area (Å²) in [5.41, 5.74) is 4.32. The molecular weight excluding hydrogens is 454 g/mol. The number of hydrogen-bond acceptors (Lipinski definition) is 6. The average Bonchev–Trinajstić information content (AvgIpc) is 2.82. The van der Waals surface area contributed by atoms with Crippen LogP contribution in [0.3, 0.4) is 0 Å². The third kappa shape index (κ3) is 5.46. The van der Waals surface area contributed by atoms with Crippen LogP contribution in [0, 0.1) is 44.9 Å². The summed E-state index contributed by atoms with van der Waals surface area (Å²) in [5.74, 6) is -1.46. The molecule has 1 aliphatic rings. The van der Waals surface area contributed by atoms with Gasteiger partial charge in [-0.25, -0.2) is 8.42 Å². The Hall–Kier alpha value is -3.22. The number of nitrogens with zero attached hydrogens (tertiary/aromatic N) is 2. The molecule has 1 fully saturated rings. The first-order valence-electron chi connectivity index (χ1n) is 11.1. The van der Waals surface area contributed by atoms with Gasteiger partial charge in [0.1, 0.15) is 0 Å². The van der Waals surface area contributed by atoms with Gasteiger partial charge in [-0.3, -0.25) is 9.59 Å². The first-order valence-corrected chi connectivity index (χ1v) is 12.5. The normalized spacial score (nSPS) is 14.9. The van der Waals surface area contributed by atoms with Crippen LogP contribution in [0.5, 0.6) is 0 Å². The van der Waals surface area contributed by atoms with Crippen LogP contribution in [-0.2, 0) is 24.3 Å². The highest BCUT2D eigenvalue weighted by atomic mass is 32.2. The summed E-state index contributed by atoms with van der Waals surface area (Å²) in [6.45, 7) is 7.44. The SMILES string of the molecule is Cc1cc(C)c(C)c(S(=O)(=O)N2CCC(C(=O)OCC(=O)Nc3ccc(C#N)cc3)CC2)c1C. The number of rotatable bonds is 6. The molecule has 1 heterocycles. The Kier molecular flexibility index (Phi) is 7.75. The van der Waals surface area contributed by atoms with Crippen LogP contribution in [0.25, 0.3) is 0 Å². The van der Waals surface area contributed by atoms with Gasteiger partial charge in [0.2, 0.25) is 10.0 Å². The van der Waals surface area contributed by atoms with Gasteiger partial charge in [0, 0.05) is 18.8 Å². The number of anilines is 1. The quantitative estimate of drug-likeness (QED) is 0.630. The second-order valence-corrected chi connectivity index (χ2v) is 10.5. The molecule has 2 aromatic rings. The molecule has 34 heavy (non-hydrogen) atoms. The third-order valence-electron chi connectivity index (χ3n) is 6.33. The second-order valence-electron chi connectivity index (χ2n) is 8.61. The maximum Gasteiger partial charge on any atom is 0.309 e. The Labute approximate surface area is 200 Å². The zero-order valence-electron chi connectivity index (χ0n) is 19.8. The van der Waals surface area contributed by atoms with Gasteiger partial charge in [-0.15, -0.1) is 0 Å². The smallest absolute Gasteiger partial charge is 0.309 e. The number of hydrogen-bond donors (Lipinski definition) is 1. The topological polar surface area (TPSA) is 117 Å². The van der Waals surface area contributed by atoms with Crippen molar-refractivity contribution >= 4 is 27.6 Å². The van der Waals surface area contributed by atoms with Crippen LogP contribution < -0.4 is 5.32 Å². The Morgan fingerprint density at radius 3 is 2.15 bits per heavy atom. The van der Waals surface area contributed by atoms with Gasteiger partial charge in [0.25, 0.3) is 5.91 Å². The van der Waals surface area contributed by atoms with Crippen LogP contribution in [-0.4, -0.2) is 44.3 Å². The number of sulfonamides is 1. The van der Waals surface area contributed by atoms with E-state index < -0.39 is 34.4 Å². The molecule has 0 bridgehead atoms. The number of aryl methyl sites for hydroxylation is 2. The molecule has 1 saturated heterocycles. The summed E-state index contributed by atoms with van der Waals surface area (Å²) in [6, 6.07) is 10.3. The van der Waals surface area contributed by atoms with Crippen LogP contribution in [0.2, 0.25) is 0 Å². The summed E-state index contributed by atoms with van der Waals surface area (Å²) in [7, 11) is -3.69. The van der Waals surface area contributed by atoms with Crippen molar-refractivity contribution in [3.8, 4) is 6.07 Å². The van der Waals surface area contributed by atoms with Crippen molar-refractivity contribution in [1.29, 1.82) is 5.26 Å². The van der Waals surface area contributed by atoms with Crippen LogP contribution in [0.15, 0.2) is 35.2 Å². The number of piperidine rings is 1. The minimum atomic E-state index is -3.69. The van der Waals surface area contributed by atoms with Crippen LogP contribution >= 0.6 is 0 Å².